The van der Waals surface area contributed by atoms with Crippen molar-refractivity contribution in [3.63, 3.8) is 0 Å². The third-order valence-corrected chi connectivity index (χ3v) is 3.49. The highest BCUT2D eigenvalue weighted by Gasteiger charge is 2.16. The Hall–Kier alpha value is -1.92. The van der Waals surface area contributed by atoms with E-state index in [1.54, 1.807) is 7.11 Å². The van der Waals surface area contributed by atoms with Crippen molar-refractivity contribution in [3.8, 4) is 5.75 Å². The maximum absolute atomic E-state index is 9.04. The first-order valence-electron chi connectivity index (χ1n) is 6.93. The number of hydrogen-bond acceptors (Lipinski definition) is 6. The van der Waals surface area contributed by atoms with Gasteiger partial charge in [0, 0.05) is 18.0 Å². The number of ether oxygens (including phenoxy) is 1. The van der Waals surface area contributed by atoms with Gasteiger partial charge < -0.3 is 20.1 Å². The molecule has 0 saturated carbocycles. The van der Waals surface area contributed by atoms with Crippen LogP contribution in [0.15, 0.2) is 28.8 Å². The second-order valence-corrected chi connectivity index (χ2v) is 5.12. The lowest BCUT2D eigenvalue weighted by Crippen LogP contribution is -2.33. The molecule has 6 nitrogen and oxygen atoms in total. The molecule has 3 N–H and O–H groups in total. The molecule has 0 fully saturated rings. The Morgan fingerprint density at radius 2 is 2.14 bits per heavy atom. The van der Waals surface area contributed by atoms with Gasteiger partial charge in [0.05, 0.1) is 20.1 Å². The number of benzene rings is 1. The molecule has 2 aromatic rings. The van der Waals surface area contributed by atoms with Gasteiger partial charge in [-0.3, -0.25) is 0 Å². The van der Waals surface area contributed by atoms with Crippen LogP contribution in [0.25, 0.3) is 0 Å². The largest absolute Gasteiger partial charge is 0.496 e. The molecule has 0 spiro atoms. The van der Waals surface area contributed by atoms with Crippen molar-refractivity contribution in [2.45, 2.75) is 25.8 Å². The number of nitrogens with two attached hydrogens (primary N) is 1. The van der Waals surface area contributed by atoms with Crippen LogP contribution in [-0.4, -0.2) is 35.0 Å². The monoisotopic (exact) mass is 291 g/mol. The fourth-order valence-corrected chi connectivity index (χ4v) is 2.08. The molecular weight excluding hydrogens is 270 g/mol. The van der Waals surface area contributed by atoms with Crippen LogP contribution in [-0.2, 0) is 12.8 Å². The van der Waals surface area contributed by atoms with E-state index in [4.69, 9.17) is 20.1 Å². The fourth-order valence-electron chi connectivity index (χ4n) is 2.08. The maximum Gasteiger partial charge on any atom is 0.231 e. The number of rotatable bonds is 7. The van der Waals surface area contributed by atoms with E-state index in [2.05, 4.69) is 10.1 Å². The lowest BCUT2D eigenvalue weighted by atomic mass is 9.99. The molecule has 2 rings (SSSR count). The van der Waals surface area contributed by atoms with Crippen LogP contribution in [0, 0.1) is 5.92 Å². The zero-order valence-electron chi connectivity index (χ0n) is 12.3. The van der Waals surface area contributed by atoms with Crippen molar-refractivity contribution >= 4 is 0 Å². The van der Waals surface area contributed by atoms with Gasteiger partial charge >= 0.3 is 0 Å². The van der Waals surface area contributed by atoms with Gasteiger partial charge in [-0.2, -0.15) is 4.98 Å². The van der Waals surface area contributed by atoms with Gasteiger partial charge in [0.15, 0.2) is 5.82 Å². The molecular formula is C15H21N3O3. The number of para-hydroxylation sites is 1. The Morgan fingerprint density at radius 3 is 2.86 bits per heavy atom. The van der Waals surface area contributed by atoms with Crippen LogP contribution in [0.5, 0.6) is 5.75 Å². The molecule has 21 heavy (non-hydrogen) atoms. The van der Waals surface area contributed by atoms with Gasteiger partial charge in [-0.05, 0) is 12.0 Å². The Morgan fingerprint density at radius 1 is 1.38 bits per heavy atom. The standard InChI is InChI=1S/C15H21N3O3/c1-10(12(16)9-19)7-14-17-15(21-18-14)8-11-5-3-4-6-13(11)20-2/h3-6,10,12,19H,7-9,16H2,1-2H3. The van der Waals surface area contributed by atoms with E-state index >= 15 is 0 Å². The minimum atomic E-state index is -0.277. The van der Waals surface area contributed by atoms with Gasteiger partial charge in [-0.25, -0.2) is 0 Å². The van der Waals surface area contributed by atoms with Gasteiger partial charge in [0.25, 0.3) is 0 Å². The molecule has 1 heterocycles. The van der Waals surface area contributed by atoms with Gasteiger partial charge in [0.1, 0.15) is 5.75 Å². The van der Waals surface area contributed by atoms with Crippen molar-refractivity contribution in [2.24, 2.45) is 11.7 Å². The first-order valence-corrected chi connectivity index (χ1v) is 6.93. The fraction of sp³-hybridized carbons (Fsp3) is 0.467. The minimum absolute atomic E-state index is 0.0485. The summed E-state index contributed by atoms with van der Waals surface area (Å²) < 4.78 is 10.6. The summed E-state index contributed by atoms with van der Waals surface area (Å²) in [5, 5.41) is 13.0. The second-order valence-electron chi connectivity index (χ2n) is 5.12. The van der Waals surface area contributed by atoms with Crippen LogP contribution >= 0.6 is 0 Å². The Labute approximate surface area is 123 Å². The highest BCUT2D eigenvalue weighted by molar-refractivity contribution is 5.34. The molecule has 0 saturated heterocycles. The minimum Gasteiger partial charge on any atom is -0.496 e. The predicted octanol–water partition coefficient (Wildman–Crippen LogP) is 1.17. The molecule has 0 aliphatic rings. The molecule has 2 atom stereocenters. The molecule has 0 amide bonds. The Kier molecular flexibility index (Phi) is 5.30. The smallest absolute Gasteiger partial charge is 0.231 e. The SMILES string of the molecule is COc1ccccc1Cc1nc(CC(C)C(N)CO)no1. The first kappa shape index (κ1) is 15.5. The van der Waals surface area contributed by atoms with E-state index in [0.29, 0.717) is 24.6 Å². The Balaban J connectivity index is 2.03. The van der Waals surface area contributed by atoms with E-state index in [0.717, 1.165) is 11.3 Å². The summed E-state index contributed by atoms with van der Waals surface area (Å²) in [6.07, 6.45) is 1.11. The quantitative estimate of drug-likeness (QED) is 0.795. The number of methoxy groups -OCH3 is 1. The zero-order valence-corrected chi connectivity index (χ0v) is 12.3. The molecule has 114 valence electrons. The third kappa shape index (κ3) is 4.03. The molecule has 6 heteroatoms. The topological polar surface area (TPSA) is 94.4 Å². The van der Waals surface area contributed by atoms with Crippen molar-refractivity contribution < 1.29 is 14.4 Å². The number of aliphatic hydroxyl groups excluding tert-OH is 1. The highest BCUT2D eigenvalue weighted by Crippen LogP contribution is 2.20. The van der Waals surface area contributed by atoms with Crippen molar-refractivity contribution in [1.82, 2.24) is 10.1 Å². The molecule has 1 aromatic carbocycles. The number of aliphatic hydroxyl groups is 1. The third-order valence-electron chi connectivity index (χ3n) is 3.49. The van der Waals surface area contributed by atoms with E-state index in [1.165, 1.54) is 0 Å². The summed E-state index contributed by atoms with van der Waals surface area (Å²) in [4.78, 5) is 4.37. The average molecular weight is 291 g/mol. The van der Waals surface area contributed by atoms with Crippen LogP contribution < -0.4 is 10.5 Å². The summed E-state index contributed by atoms with van der Waals surface area (Å²) >= 11 is 0. The van der Waals surface area contributed by atoms with Gasteiger partial charge in [-0.1, -0.05) is 30.3 Å². The van der Waals surface area contributed by atoms with Crippen LogP contribution in [0.1, 0.15) is 24.2 Å². The first-order chi connectivity index (χ1) is 10.1. The van der Waals surface area contributed by atoms with E-state index in [1.807, 2.05) is 31.2 Å². The second kappa shape index (κ2) is 7.19. The van der Waals surface area contributed by atoms with Gasteiger partial charge in [0.2, 0.25) is 5.89 Å². The van der Waals surface area contributed by atoms with Crippen LogP contribution in [0.3, 0.4) is 0 Å². The highest BCUT2D eigenvalue weighted by atomic mass is 16.5. The van der Waals surface area contributed by atoms with Gasteiger partial charge in [-0.15, -0.1) is 0 Å². The van der Waals surface area contributed by atoms with Crippen molar-refractivity contribution in [3.05, 3.63) is 41.5 Å². The average Bonchev–Trinajstić information content (AvgIpc) is 2.94. The molecule has 0 aliphatic carbocycles. The molecule has 0 aliphatic heterocycles. The summed E-state index contributed by atoms with van der Waals surface area (Å²) in [5.74, 6) is 2.04. The molecule has 2 unspecified atom stereocenters. The van der Waals surface area contributed by atoms with E-state index < -0.39 is 0 Å². The lowest BCUT2D eigenvalue weighted by molar-refractivity contribution is 0.230. The summed E-state index contributed by atoms with van der Waals surface area (Å²) in [5.41, 5.74) is 6.78. The predicted molar refractivity (Wildman–Crippen MR) is 78.0 cm³/mol. The lowest BCUT2D eigenvalue weighted by Gasteiger charge is -2.14. The van der Waals surface area contributed by atoms with Crippen LogP contribution in [0.4, 0.5) is 0 Å². The van der Waals surface area contributed by atoms with Crippen LogP contribution in [0.2, 0.25) is 0 Å². The molecule has 0 radical (unpaired) electrons. The summed E-state index contributed by atoms with van der Waals surface area (Å²) in [7, 11) is 1.63. The number of aromatic nitrogens is 2. The number of hydrogen-bond donors (Lipinski definition) is 2. The Bertz CT molecular complexity index is 571. The maximum atomic E-state index is 9.04. The normalized spacial score (nSPS) is 13.9. The summed E-state index contributed by atoms with van der Waals surface area (Å²) in [6, 6.07) is 7.44. The summed E-state index contributed by atoms with van der Waals surface area (Å²) in [6.45, 7) is 1.91. The zero-order chi connectivity index (χ0) is 15.2. The number of nitrogens with zero attached hydrogens (tertiary/aromatic N) is 2. The van der Waals surface area contributed by atoms with Crippen molar-refractivity contribution in [1.29, 1.82) is 0 Å². The van der Waals surface area contributed by atoms with Crippen molar-refractivity contribution in [2.75, 3.05) is 13.7 Å². The molecule has 1 aromatic heterocycles. The molecule has 0 bridgehead atoms. The van der Waals surface area contributed by atoms with E-state index in [-0.39, 0.29) is 18.6 Å². The van der Waals surface area contributed by atoms with E-state index in [9.17, 15) is 0 Å².